The molecular formula is C13H11FN4O3S. The predicted octanol–water partition coefficient (Wildman–Crippen LogP) is 2.93. The van der Waals surface area contributed by atoms with Crippen LogP contribution in [-0.2, 0) is 0 Å². The van der Waals surface area contributed by atoms with Crippen molar-refractivity contribution in [3.63, 3.8) is 0 Å². The molecule has 0 aliphatic heterocycles. The minimum absolute atomic E-state index is 0.123. The molecule has 0 aliphatic carbocycles. The third-order valence-corrected chi connectivity index (χ3v) is 3.66. The van der Waals surface area contributed by atoms with Crippen molar-refractivity contribution >= 4 is 27.9 Å². The van der Waals surface area contributed by atoms with Crippen molar-refractivity contribution in [3.8, 4) is 5.75 Å². The molecule has 9 heteroatoms. The van der Waals surface area contributed by atoms with Gasteiger partial charge >= 0.3 is 5.82 Å². The molecule has 0 bridgehead atoms. The van der Waals surface area contributed by atoms with Crippen LogP contribution in [0.4, 0.5) is 16.0 Å². The van der Waals surface area contributed by atoms with E-state index in [1.54, 1.807) is 23.7 Å². The second kappa shape index (κ2) is 5.98. The lowest BCUT2D eigenvalue weighted by atomic mass is 10.3. The number of nitrogens with one attached hydrogen (secondary N) is 1. The van der Waals surface area contributed by atoms with Gasteiger partial charge in [-0.1, -0.05) is 23.5 Å². The van der Waals surface area contributed by atoms with E-state index in [0.717, 1.165) is 0 Å². The van der Waals surface area contributed by atoms with Gasteiger partial charge in [-0.2, -0.15) is 9.38 Å². The lowest BCUT2D eigenvalue weighted by Crippen LogP contribution is -2.13. The van der Waals surface area contributed by atoms with Crippen LogP contribution in [0.25, 0.3) is 4.96 Å². The Labute approximate surface area is 128 Å². The number of hydrogen-bond donors (Lipinski definition) is 1. The number of aromatic nitrogens is 2. The minimum atomic E-state index is -0.493. The summed E-state index contributed by atoms with van der Waals surface area (Å²) in [6.45, 7) is 0.420. The van der Waals surface area contributed by atoms with E-state index in [1.807, 2.05) is 0 Å². The maximum Gasteiger partial charge on any atom is 0.372 e. The number of anilines is 1. The molecule has 114 valence electrons. The van der Waals surface area contributed by atoms with Gasteiger partial charge in [0.15, 0.2) is 11.6 Å². The summed E-state index contributed by atoms with van der Waals surface area (Å²) in [5, 5.41) is 15.7. The highest BCUT2D eigenvalue weighted by atomic mass is 32.1. The van der Waals surface area contributed by atoms with Gasteiger partial charge in [-0.15, -0.1) is 0 Å². The van der Waals surface area contributed by atoms with Gasteiger partial charge in [0.1, 0.15) is 12.8 Å². The molecular weight excluding hydrogens is 311 g/mol. The van der Waals surface area contributed by atoms with Crippen LogP contribution in [-0.4, -0.2) is 27.5 Å². The molecule has 22 heavy (non-hydrogen) atoms. The van der Waals surface area contributed by atoms with Gasteiger partial charge in [0.2, 0.25) is 5.82 Å². The number of para-hydroxylation sites is 1. The van der Waals surface area contributed by atoms with Gasteiger partial charge in [-0.05, 0) is 17.1 Å². The molecule has 0 atom stereocenters. The maximum absolute atomic E-state index is 13.4. The number of thiazole rings is 1. The van der Waals surface area contributed by atoms with Crippen LogP contribution in [0.5, 0.6) is 5.75 Å². The molecule has 0 saturated heterocycles. The number of halogens is 1. The molecule has 3 rings (SSSR count). The van der Waals surface area contributed by atoms with E-state index in [0.29, 0.717) is 4.96 Å². The molecule has 1 N–H and O–H groups in total. The zero-order chi connectivity index (χ0) is 15.5. The molecule has 1 aromatic carbocycles. The van der Waals surface area contributed by atoms with Crippen molar-refractivity contribution in [1.29, 1.82) is 0 Å². The third-order valence-electron chi connectivity index (χ3n) is 2.90. The standard InChI is InChI=1S/C13H11FN4O3S/c14-9-3-1-2-4-10(9)21-7-5-15-11-12(18(19)20)17-6-8-22-13(17)16-11/h1-4,6,8,15H,5,7H2. The molecule has 0 unspecified atom stereocenters. The summed E-state index contributed by atoms with van der Waals surface area (Å²) >= 11 is 1.30. The third kappa shape index (κ3) is 2.70. The van der Waals surface area contributed by atoms with Crippen molar-refractivity contribution in [2.24, 2.45) is 0 Å². The first-order valence-electron chi connectivity index (χ1n) is 6.38. The van der Waals surface area contributed by atoms with Crippen LogP contribution in [0.15, 0.2) is 35.8 Å². The summed E-state index contributed by atoms with van der Waals surface area (Å²) in [4.78, 5) is 15.3. The van der Waals surface area contributed by atoms with Crippen molar-refractivity contribution in [2.45, 2.75) is 0 Å². The Kier molecular flexibility index (Phi) is 3.88. The Bertz CT molecular complexity index is 817. The van der Waals surface area contributed by atoms with Crippen molar-refractivity contribution < 1.29 is 14.1 Å². The molecule has 0 fully saturated rings. The van der Waals surface area contributed by atoms with Gasteiger partial charge in [0.25, 0.3) is 4.96 Å². The highest BCUT2D eigenvalue weighted by Gasteiger charge is 2.23. The van der Waals surface area contributed by atoms with Crippen molar-refractivity contribution in [2.75, 3.05) is 18.5 Å². The fourth-order valence-electron chi connectivity index (χ4n) is 1.96. The number of nitro groups is 1. The Balaban J connectivity index is 1.64. The smallest absolute Gasteiger partial charge is 0.372 e. The fourth-order valence-corrected chi connectivity index (χ4v) is 2.67. The zero-order valence-electron chi connectivity index (χ0n) is 11.2. The average molecular weight is 322 g/mol. The Morgan fingerprint density at radius 1 is 1.45 bits per heavy atom. The molecule has 2 aromatic heterocycles. The Hall–Kier alpha value is -2.68. The Morgan fingerprint density at radius 3 is 3.05 bits per heavy atom. The summed E-state index contributed by atoms with van der Waals surface area (Å²) in [6, 6.07) is 6.06. The second-order valence-corrected chi connectivity index (χ2v) is 5.18. The average Bonchev–Trinajstić information content (AvgIpc) is 3.05. The van der Waals surface area contributed by atoms with E-state index in [9.17, 15) is 14.5 Å². The highest BCUT2D eigenvalue weighted by Crippen LogP contribution is 2.27. The first kappa shape index (κ1) is 14.3. The fraction of sp³-hybridized carbons (Fsp3) is 0.154. The van der Waals surface area contributed by atoms with Crippen LogP contribution in [0.1, 0.15) is 0 Å². The van der Waals surface area contributed by atoms with E-state index in [1.165, 1.54) is 27.9 Å². The van der Waals surface area contributed by atoms with E-state index >= 15 is 0 Å². The molecule has 3 aromatic rings. The minimum Gasteiger partial charge on any atom is -0.489 e. The lowest BCUT2D eigenvalue weighted by Gasteiger charge is -2.07. The number of nitrogens with zero attached hydrogens (tertiary/aromatic N) is 3. The van der Waals surface area contributed by atoms with Crippen molar-refractivity contribution in [1.82, 2.24) is 9.38 Å². The van der Waals surface area contributed by atoms with Gasteiger partial charge in [0.05, 0.1) is 6.54 Å². The van der Waals surface area contributed by atoms with Crippen LogP contribution in [0.2, 0.25) is 0 Å². The topological polar surface area (TPSA) is 81.7 Å². The molecule has 2 heterocycles. The SMILES string of the molecule is O=[N+]([O-])c1c(NCCOc2ccccc2F)nc2sccn12. The maximum atomic E-state index is 13.4. The van der Waals surface area contributed by atoms with E-state index < -0.39 is 10.7 Å². The molecule has 0 amide bonds. The summed E-state index contributed by atoms with van der Waals surface area (Å²) in [5.41, 5.74) is 0. The van der Waals surface area contributed by atoms with Gasteiger partial charge in [-0.25, -0.2) is 4.39 Å². The molecule has 0 saturated carbocycles. The summed E-state index contributed by atoms with van der Waals surface area (Å²) < 4.78 is 20.0. The van der Waals surface area contributed by atoms with Crippen LogP contribution < -0.4 is 10.1 Å². The first-order chi connectivity index (χ1) is 10.7. The quantitative estimate of drug-likeness (QED) is 0.429. The van der Waals surface area contributed by atoms with Crippen LogP contribution in [0, 0.1) is 15.9 Å². The van der Waals surface area contributed by atoms with E-state index in [4.69, 9.17) is 4.74 Å². The number of ether oxygens (including phenoxy) is 1. The predicted molar refractivity (Wildman–Crippen MR) is 80.1 cm³/mol. The van der Waals surface area contributed by atoms with Gasteiger partial charge < -0.3 is 20.2 Å². The number of fused-ring (bicyclic) bond motifs is 1. The zero-order valence-corrected chi connectivity index (χ0v) is 12.0. The van der Waals surface area contributed by atoms with Gasteiger partial charge in [0, 0.05) is 5.38 Å². The largest absolute Gasteiger partial charge is 0.489 e. The first-order valence-corrected chi connectivity index (χ1v) is 7.26. The summed E-state index contributed by atoms with van der Waals surface area (Å²) in [7, 11) is 0. The number of hydrogen-bond acceptors (Lipinski definition) is 6. The monoisotopic (exact) mass is 322 g/mol. The lowest BCUT2D eigenvalue weighted by molar-refractivity contribution is -0.389. The number of rotatable bonds is 6. The molecule has 0 radical (unpaired) electrons. The van der Waals surface area contributed by atoms with Crippen LogP contribution in [0.3, 0.4) is 0 Å². The highest BCUT2D eigenvalue weighted by molar-refractivity contribution is 7.15. The van der Waals surface area contributed by atoms with Crippen LogP contribution >= 0.6 is 11.3 Å². The second-order valence-electron chi connectivity index (χ2n) is 4.30. The Morgan fingerprint density at radius 2 is 2.27 bits per heavy atom. The van der Waals surface area contributed by atoms with Gasteiger partial charge in [-0.3, -0.25) is 0 Å². The molecule has 0 aliphatic rings. The molecule has 7 nitrogen and oxygen atoms in total. The van der Waals surface area contributed by atoms with E-state index in [2.05, 4.69) is 10.3 Å². The molecule has 0 spiro atoms. The summed E-state index contributed by atoms with van der Waals surface area (Å²) in [5.74, 6) is -0.253. The summed E-state index contributed by atoms with van der Waals surface area (Å²) in [6.07, 6.45) is 1.59. The van der Waals surface area contributed by atoms with E-state index in [-0.39, 0.29) is 30.5 Å². The normalized spacial score (nSPS) is 10.8. The number of benzene rings is 1. The van der Waals surface area contributed by atoms with Crippen molar-refractivity contribution in [3.05, 3.63) is 51.8 Å². The number of imidazole rings is 1.